The maximum Gasteiger partial charge on any atom is 0.318 e. The first-order valence-corrected chi connectivity index (χ1v) is 9.40. The van der Waals surface area contributed by atoms with Gasteiger partial charge in [-0.3, -0.25) is 0 Å². The molecule has 2 amide bonds. The number of rotatable bonds is 5. The van der Waals surface area contributed by atoms with Crippen molar-refractivity contribution in [3.8, 4) is 0 Å². The molecule has 0 saturated carbocycles. The molecule has 1 N–H and O–H groups in total. The standard InChI is InChI=1S/C22H26FN3O2/c1-22(2,3)24-21(27)26(14-16-9-5-4-6-10-16)15-17-13-20(25-28-17)18-11-7-8-12-19(18)23/h4-12,17H,13-15H2,1-3H3,(H,24,27). The second-order valence-electron chi connectivity index (χ2n) is 8.00. The Labute approximate surface area is 165 Å². The average Bonchev–Trinajstić information content (AvgIpc) is 3.09. The summed E-state index contributed by atoms with van der Waals surface area (Å²) in [5, 5.41) is 7.06. The van der Waals surface area contributed by atoms with E-state index in [4.69, 9.17) is 4.84 Å². The number of oxime groups is 1. The molecular formula is C22H26FN3O2. The van der Waals surface area contributed by atoms with Crippen LogP contribution < -0.4 is 5.32 Å². The van der Waals surface area contributed by atoms with Gasteiger partial charge in [-0.05, 0) is 32.4 Å². The van der Waals surface area contributed by atoms with Crippen LogP contribution in [-0.2, 0) is 11.4 Å². The Morgan fingerprint density at radius 2 is 1.86 bits per heavy atom. The van der Waals surface area contributed by atoms with Crippen molar-refractivity contribution < 1.29 is 14.0 Å². The topological polar surface area (TPSA) is 53.9 Å². The van der Waals surface area contributed by atoms with Crippen molar-refractivity contribution in [2.75, 3.05) is 6.54 Å². The highest BCUT2D eigenvalue weighted by Gasteiger charge is 2.29. The summed E-state index contributed by atoms with van der Waals surface area (Å²) in [6, 6.07) is 16.1. The number of benzene rings is 2. The maximum atomic E-state index is 14.0. The maximum absolute atomic E-state index is 14.0. The van der Waals surface area contributed by atoms with Crippen molar-refractivity contribution >= 4 is 11.7 Å². The number of hydrogen-bond donors (Lipinski definition) is 1. The van der Waals surface area contributed by atoms with Crippen molar-refractivity contribution in [1.29, 1.82) is 0 Å². The number of carbonyl (C=O) groups excluding carboxylic acids is 1. The van der Waals surface area contributed by atoms with Crippen LogP contribution >= 0.6 is 0 Å². The predicted molar refractivity (Wildman–Crippen MR) is 108 cm³/mol. The van der Waals surface area contributed by atoms with Gasteiger partial charge < -0.3 is 15.1 Å². The molecule has 0 saturated heterocycles. The highest BCUT2D eigenvalue weighted by Crippen LogP contribution is 2.20. The minimum atomic E-state index is -0.350. The number of urea groups is 1. The molecule has 148 valence electrons. The summed E-state index contributed by atoms with van der Waals surface area (Å²) in [5.74, 6) is -0.322. The lowest BCUT2D eigenvalue weighted by molar-refractivity contribution is 0.0580. The predicted octanol–water partition coefficient (Wildman–Crippen LogP) is 4.33. The van der Waals surface area contributed by atoms with Gasteiger partial charge in [0.2, 0.25) is 0 Å². The Balaban J connectivity index is 1.69. The van der Waals surface area contributed by atoms with Crippen LogP contribution in [0.25, 0.3) is 0 Å². The summed E-state index contributed by atoms with van der Waals surface area (Å²) < 4.78 is 14.0. The Kier molecular flexibility index (Phi) is 5.97. The molecule has 0 spiro atoms. The van der Waals surface area contributed by atoms with Gasteiger partial charge >= 0.3 is 6.03 Å². The van der Waals surface area contributed by atoms with Crippen molar-refractivity contribution in [1.82, 2.24) is 10.2 Å². The average molecular weight is 383 g/mol. The number of halogens is 1. The molecule has 0 aliphatic carbocycles. The van der Waals surface area contributed by atoms with E-state index >= 15 is 0 Å². The van der Waals surface area contributed by atoms with Crippen LogP contribution in [0.5, 0.6) is 0 Å². The zero-order valence-electron chi connectivity index (χ0n) is 16.5. The molecule has 5 nitrogen and oxygen atoms in total. The number of hydrogen-bond acceptors (Lipinski definition) is 3. The summed E-state index contributed by atoms with van der Waals surface area (Å²) >= 11 is 0. The van der Waals surface area contributed by atoms with E-state index in [0.29, 0.717) is 30.8 Å². The lowest BCUT2D eigenvalue weighted by Gasteiger charge is -2.29. The first-order valence-electron chi connectivity index (χ1n) is 9.40. The van der Waals surface area contributed by atoms with E-state index in [1.807, 2.05) is 51.1 Å². The van der Waals surface area contributed by atoms with Gasteiger partial charge in [0, 0.05) is 24.1 Å². The van der Waals surface area contributed by atoms with Crippen LogP contribution in [-0.4, -0.2) is 34.8 Å². The molecule has 1 aliphatic heterocycles. The van der Waals surface area contributed by atoms with Crippen molar-refractivity contribution in [2.24, 2.45) is 5.16 Å². The number of carbonyl (C=O) groups is 1. The van der Waals surface area contributed by atoms with Gasteiger partial charge in [-0.15, -0.1) is 0 Å². The van der Waals surface area contributed by atoms with Crippen LogP contribution in [0, 0.1) is 5.82 Å². The molecule has 0 aromatic heterocycles. The number of nitrogens with zero attached hydrogens (tertiary/aromatic N) is 2. The van der Waals surface area contributed by atoms with Gasteiger partial charge in [-0.25, -0.2) is 9.18 Å². The van der Waals surface area contributed by atoms with Crippen molar-refractivity contribution in [3.63, 3.8) is 0 Å². The summed E-state index contributed by atoms with van der Waals surface area (Å²) in [7, 11) is 0. The van der Waals surface area contributed by atoms with Gasteiger partial charge in [0.05, 0.1) is 12.3 Å². The Morgan fingerprint density at radius 1 is 1.18 bits per heavy atom. The fraction of sp³-hybridized carbons (Fsp3) is 0.364. The second kappa shape index (κ2) is 8.42. The fourth-order valence-electron chi connectivity index (χ4n) is 3.05. The van der Waals surface area contributed by atoms with E-state index < -0.39 is 0 Å². The molecule has 6 heteroatoms. The molecule has 0 radical (unpaired) electrons. The number of nitrogens with one attached hydrogen (secondary N) is 1. The molecule has 3 rings (SSSR count). The van der Waals surface area contributed by atoms with Crippen LogP contribution in [0.4, 0.5) is 9.18 Å². The normalized spacial score (nSPS) is 16.3. The lowest BCUT2D eigenvalue weighted by atomic mass is 10.0. The zero-order chi connectivity index (χ0) is 20.1. The molecule has 2 aromatic carbocycles. The first-order chi connectivity index (χ1) is 13.3. The van der Waals surface area contributed by atoms with Gasteiger partial charge in [-0.1, -0.05) is 53.7 Å². The Hall–Kier alpha value is -2.89. The fourth-order valence-corrected chi connectivity index (χ4v) is 3.05. The molecule has 1 atom stereocenters. The van der Waals surface area contributed by atoms with E-state index in [9.17, 15) is 9.18 Å². The van der Waals surface area contributed by atoms with E-state index in [-0.39, 0.29) is 23.5 Å². The summed E-state index contributed by atoms with van der Waals surface area (Å²) in [6.07, 6.45) is 0.138. The van der Waals surface area contributed by atoms with E-state index in [1.54, 1.807) is 23.1 Å². The molecule has 1 aliphatic rings. The largest absolute Gasteiger partial charge is 0.390 e. The Bertz CT molecular complexity index is 846. The third-order valence-corrected chi connectivity index (χ3v) is 4.33. The zero-order valence-corrected chi connectivity index (χ0v) is 16.5. The molecule has 1 unspecified atom stereocenters. The van der Waals surface area contributed by atoms with Crippen LogP contribution in [0.2, 0.25) is 0 Å². The lowest BCUT2D eigenvalue weighted by Crippen LogP contribution is -2.50. The SMILES string of the molecule is CC(C)(C)NC(=O)N(Cc1ccccc1)CC1CC(c2ccccc2F)=NO1. The smallest absolute Gasteiger partial charge is 0.318 e. The highest BCUT2D eigenvalue weighted by atomic mass is 19.1. The monoisotopic (exact) mass is 383 g/mol. The minimum Gasteiger partial charge on any atom is -0.390 e. The van der Waals surface area contributed by atoms with Gasteiger partial charge in [0.1, 0.15) is 5.82 Å². The van der Waals surface area contributed by atoms with Gasteiger partial charge in [0.25, 0.3) is 0 Å². The minimum absolute atomic E-state index is 0.167. The third-order valence-electron chi connectivity index (χ3n) is 4.33. The van der Waals surface area contributed by atoms with Crippen LogP contribution in [0.1, 0.15) is 38.3 Å². The Morgan fingerprint density at radius 3 is 2.54 bits per heavy atom. The molecule has 0 fully saturated rings. The molecule has 0 bridgehead atoms. The van der Waals surface area contributed by atoms with Crippen LogP contribution in [0.3, 0.4) is 0 Å². The van der Waals surface area contributed by atoms with E-state index in [2.05, 4.69) is 10.5 Å². The molecule has 28 heavy (non-hydrogen) atoms. The summed E-state index contributed by atoms with van der Waals surface area (Å²) in [5.41, 5.74) is 1.69. The van der Waals surface area contributed by atoms with Crippen molar-refractivity contribution in [3.05, 3.63) is 71.5 Å². The van der Waals surface area contributed by atoms with Crippen LogP contribution in [0.15, 0.2) is 59.8 Å². The van der Waals surface area contributed by atoms with E-state index in [0.717, 1.165) is 5.56 Å². The van der Waals surface area contributed by atoms with Crippen molar-refractivity contribution in [2.45, 2.75) is 45.4 Å². The number of amides is 2. The first kappa shape index (κ1) is 19.9. The molecule has 1 heterocycles. The molecular weight excluding hydrogens is 357 g/mol. The second-order valence-corrected chi connectivity index (χ2v) is 8.00. The van der Waals surface area contributed by atoms with Gasteiger partial charge in [0.15, 0.2) is 6.10 Å². The summed E-state index contributed by atoms with van der Waals surface area (Å²) in [6.45, 7) is 6.64. The van der Waals surface area contributed by atoms with Gasteiger partial charge in [-0.2, -0.15) is 0 Å². The van der Waals surface area contributed by atoms with E-state index in [1.165, 1.54) is 6.07 Å². The quantitative estimate of drug-likeness (QED) is 0.836. The highest BCUT2D eigenvalue weighted by molar-refractivity contribution is 6.01. The molecule has 2 aromatic rings. The third kappa shape index (κ3) is 5.31. The summed E-state index contributed by atoms with van der Waals surface area (Å²) in [4.78, 5) is 20.1.